The average molecular weight is 214 g/mol. The van der Waals surface area contributed by atoms with Crippen molar-refractivity contribution in [2.45, 2.75) is 13.8 Å². The van der Waals surface area contributed by atoms with E-state index >= 15 is 0 Å². The molecule has 0 radical (unpaired) electrons. The Morgan fingerprint density at radius 1 is 1.25 bits per heavy atom. The van der Waals surface area contributed by atoms with E-state index in [0.29, 0.717) is 5.56 Å². The molecule has 1 nitrogen and oxygen atoms in total. The van der Waals surface area contributed by atoms with E-state index in [9.17, 15) is 9.50 Å². The van der Waals surface area contributed by atoms with Gasteiger partial charge in [-0.25, -0.2) is 4.39 Å². The highest BCUT2D eigenvalue weighted by Gasteiger charge is 2.08. The van der Waals surface area contributed by atoms with Crippen LogP contribution in [0.5, 0.6) is 5.75 Å². The molecule has 0 atom stereocenters. The van der Waals surface area contributed by atoms with Gasteiger partial charge in [-0.15, -0.1) is 5.92 Å². The van der Waals surface area contributed by atoms with Gasteiger partial charge in [0.05, 0.1) is 5.56 Å². The standard InChI is InChI=1S/C14H11FO/c1-3-4-12-13(15)6-5-10-8-11(16)7-9(2)14(10)12/h5-8,16H,1-2H3. The Labute approximate surface area is 93.5 Å². The van der Waals surface area contributed by atoms with Gasteiger partial charge < -0.3 is 5.11 Å². The number of hydrogen-bond acceptors (Lipinski definition) is 1. The van der Waals surface area contributed by atoms with Crippen molar-refractivity contribution in [3.63, 3.8) is 0 Å². The van der Waals surface area contributed by atoms with Crippen molar-refractivity contribution < 1.29 is 9.50 Å². The minimum atomic E-state index is -0.323. The molecule has 0 aliphatic carbocycles. The van der Waals surface area contributed by atoms with E-state index in [1.54, 1.807) is 25.1 Å². The smallest absolute Gasteiger partial charge is 0.139 e. The van der Waals surface area contributed by atoms with Crippen LogP contribution in [-0.2, 0) is 0 Å². The molecule has 2 aromatic carbocycles. The molecule has 0 fully saturated rings. The molecule has 0 spiro atoms. The maximum atomic E-state index is 13.6. The highest BCUT2D eigenvalue weighted by Crippen LogP contribution is 2.28. The van der Waals surface area contributed by atoms with Gasteiger partial charge in [0.25, 0.3) is 0 Å². The summed E-state index contributed by atoms with van der Waals surface area (Å²) in [6.07, 6.45) is 0. The van der Waals surface area contributed by atoms with Gasteiger partial charge in [0.1, 0.15) is 11.6 Å². The molecule has 0 aliphatic rings. The summed E-state index contributed by atoms with van der Waals surface area (Å²) in [6.45, 7) is 3.51. The number of benzene rings is 2. The Morgan fingerprint density at radius 2 is 2.00 bits per heavy atom. The molecular weight excluding hydrogens is 203 g/mol. The Bertz CT molecular complexity index is 618. The molecule has 2 rings (SSSR count). The molecule has 0 aromatic heterocycles. The number of phenolic OH excluding ortho intramolecular Hbond substituents is 1. The molecule has 0 amide bonds. The van der Waals surface area contributed by atoms with Crippen LogP contribution in [0.3, 0.4) is 0 Å². The molecule has 0 saturated heterocycles. The highest BCUT2D eigenvalue weighted by atomic mass is 19.1. The lowest BCUT2D eigenvalue weighted by molar-refractivity contribution is 0.476. The van der Waals surface area contributed by atoms with Crippen molar-refractivity contribution >= 4 is 10.8 Å². The van der Waals surface area contributed by atoms with Crippen LogP contribution in [0.1, 0.15) is 18.1 Å². The molecule has 0 heterocycles. The Balaban J connectivity index is 2.95. The van der Waals surface area contributed by atoms with Crippen molar-refractivity contribution in [1.29, 1.82) is 0 Å². The average Bonchev–Trinajstić information content (AvgIpc) is 2.22. The molecule has 16 heavy (non-hydrogen) atoms. The maximum Gasteiger partial charge on any atom is 0.139 e. The summed E-state index contributed by atoms with van der Waals surface area (Å²) < 4.78 is 13.6. The largest absolute Gasteiger partial charge is 0.508 e. The molecule has 2 aromatic rings. The third-order valence-corrected chi connectivity index (χ3v) is 2.50. The molecule has 1 N–H and O–H groups in total. The topological polar surface area (TPSA) is 20.2 Å². The van der Waals surface area contributed by atoms with Crippen LogP contribution in [0.2, 0.25) is 0 Å². The summed E-state index contributed by atoms with van der Waals surface area (Å²) in [5, 5.41) is 11.0. The summed E-state index contributed by atoms with van der Waals surface area (Å²) in [6, 6.07) is 6.25. The molecule has 0 aliphatic heterocycles. The van der Waals surface area contributed by atoms with Crippen LogP contribution >= 0.6 is 0 Å². The summed E-state index contributed by atoms with van der Waals surface area (Å²) in [7, 11) is 0. The van der Waals surface area contributed by atoms with Crippen molar-refractivity contribution in [3.8, 4) is 17.6 Å². The van der Waals surface area contributed by atoms with Gasteiger partial charge in [0, 0.05) is 5.39 Å². The fraction of sp³-hybridized carbons (Fsp3) is 0.143. The molecule has 0 bridgehead atoms. The molecule has 80 valence electrons. The second-order valence-electron chi connectivity index (χ2n) is 3.66. The van der Waals surface area contributed by atoms with Crippen LogP contribution in [0.15, 0.2) is 24.3 Å². The minimum absolute atomic E-state index is 0.187. The lowest BCUT2D eigenvalue weighted by Gasteiger charge is -2.06. The Kier molecular flexibility index (Phi) is 2.54. The first-order chi connectivity index (χ1) is 7.63. The van der Waals surface area contributed by atoms with Gasteiger partial charge in [-0.1, -0.05) is 12.0 Å². The minimum Gasteiger partial charge on any atom is -0.508 e. The second-order valence-corrected chi connectivity index (χ2v) is 3.66. The van der Waals surface area contributed by atoms with Crippen LogP contribution in [0.4, 0.5) is 4.39 Å². The van der Waals surface area contributed by atoms with Gasteiger partial charge in [0.2, 0.25) is 0 Å². The Hall–Kier alpha value is -2.01. The van der Waals surface area contributed by atoms with Crippen molar-refractivity contribution in [2.24, 2.45) is 0 Å². The van der Waals surface area contributed by atoms with Crippen LogP contribution in [-0.4, -0.2) is 5.11 Å². The molecule has 0 unspecified atom stereocenters. The van der Waals surface area contributed by atoms with Crippen LogP contribution in [0, 0.1) is 24.6 Å². The zero-order valence-electron chi connectivity index (χ0n) is 9.13. The second kappa shape index (κ2) is 3.86. The van der Waals surface area contributed by atoms with Crippen LogP contribution < -0.4 is 0 Å². The monoisotopic (exact) mass is 214 g/mol. The van der Waals surface area contributed by atoms with Gasteiger partial charge in [0.15, 0.2) is 0 Å². The number of rotatable bonds is 0. The number of hydrogen-bond donors (Lipinski definition) is 1. The highest BCUT2D eigenvalue weighted by molar-refractivity contribution is 5.92. The zero-order valence-corrected chi connectivity index (χ0v) is 9.13. The van der Waals surface area contributed by atoms with E-state index in [2.05, 4.69) is 11.8 Å². The normalized spacial score (nSPS) is 9.94. The van der Waals surface area contributed by atoms with Gasteiger partial charge >= 0.3 is 0 Å². The van der Waals surface area contributed by atoms with Crippen LogP contribution in [0.25, 0.3) is 10.8 Å². The SMILES string of the molecule is CC#Cc1c(F)ccc2cc(O)cc(C)c12. The number of aryl methyl sites for hydroxylation is 1. The lowest BCUT2D eigenvalue weighted by atomic mass is 9.99. The molecule has 2 heteroatoms. The van der Waals surface area contributed by atoms with E-state index in [4.69, 9.17) is 0 Å². The maximum absolute atomic E-state index is 13.6. The zero-order chi connectivity index (χ0) is 11.7. The number of halogens is 1. The van der Waals surface area contributed by atoms with Gasteiger partial charge in [-0.3, -0.25) is 0 Å². The molecular formula is C14H11FO. The fourth-order valence-electron chi connectivity index (χ4n) is 1.88. The lowest BCUT2D eigenvalue weighted by Crippen LogP contribution is -1.89. The Morgan fingerprint density at radius 3 is 2.69 bits per heavy atom. The first-order valence-corrected chi connectivity index (χ1v) is 4.98. The van der Waals surface area contributed by atoms with E-state index < -0.39 is 0 Å². The van der Waals surface area contributed by atoms with Gasteiger partial charge in [-0.05, 0) is 43.0 Å². The predicted octanol–water partition coefficient (Wildman–Crippen LogP) is 3.36. The number of phenols is 1. The summed E-state index contributed by atoms with van der Waals surface area (Å²) in [4.78, 5) is 0. The van der Waals surface area contributed by atoms with Crippen molar-refractivity contribution in [3.05, 3.63) is 41.2 Å². The van der Waals surface area contributed by atoms with E-state index in [-0.39, 0.29) is 11.6 Å². The van der Waals surface area contributed by atoms with Gasteiger partial charge in [-0.2, -0.15) is 0 Å². The number of fused-ring (bicyclic) bond motifs is 1. The van der Waals surface area contributed by atoms with Crippen molar-refractivity contribution in [2.75, 3.05) is 0 Å². The summed E-state index contributed by atoms with van der Waals surface area (Å²) in [5.74, 6) is 5.34. The summed E-state index contributed by atoms with van der Waals surface area (Å²) >= 11 is 0. The number of aromatic hydroxyl groups is 1. The van der Waals surface area contributed by atoms with E-state index in [1.807, 2.05) is 6.92 Å². The van der Waals surface area contributed by atoms with E-state index in [1.165, 1.54) is 6.07 Å². The fourth-order valence-corrected chi connectivity index (χ4v) is 1.88. The third kappa shape index (κ3) is 1.61. The third-order valence-electron chi connectivity index (χ3n) is 2.50. The van der Waals surface area contributed by atoms with E-state index in [0.717, 1.165) is 16.3 Å². The summed E-state index contributed by atoms with van der Waals surface area (Å²) in [5.41, 5.74) is 1.23. The predicted molar refractivity (Wildman–Crippen MR) is 62.9 cm³/mol. The quantitative estimate of drug-likeness (QED) is 0.667. The molecule has 0 saturated carbocycles. The first-order valence-electron chi connectivity index (χ1n) is 4.98. The van der Waals surface area contributed by atoms with Crippen molar-refractivity contribution in [1.82, 2.24) is 0 Å². The first kappa shape index (κ1) is 10.5.